The van der Waals surface area contributed by atoms with Crippen LogP contribution in [0.2, 0.25) is 0 Å². The van der Waals surface area contributed by atoms with Crippen molar-refractivity contribution in [3.05, 3.63) is 149 Å². The van der Waals surface area contributed by atoms with Crippen molar-refractivity contribution in [2.75, 3.05) is 18.0 Å². The van der Waals surface area contributed by atoms with Gasteiger partial charge in [0.1, 0.15) is 11.4 Å². The summed E-state index contributed by atoms with van der Waals surface area (Å²) in [7, 11) is -13.3. The summed E-state index contributed by atoms with van der Waals surface area (Å²) >= 11 is 0. The first-order valence-electron chi connectivity index (χ1n) is 16.2. The van der Waals surface area contributed by atoms with E-state index in [9.17, 15) is 38.9 Å². The van der Waals surface area contributed by atoms with Crippen LogP contribution < -0.4 is 16.6 Å². The van der Waals surface area contributed by atoms with Crippen molar-refractivity contribution in [1.29, 1.82) is 0 Å². The summed E-state index contributed by atoms with van der Waals surface area (Å²) in [6.45, 7) is 5.77. The van der Waals surface area contributed by atoms with E-state index in [4.69, 9.17) is 0 Å². The molecule has 0 fully saturated rings. The molecule has 0 spiro atoms. The molecule has 16 heteroatoms. The minimum absolute atomic E-state index is 0.192. The van der Waals surface area contributed by atoms with Gasteiger partial charge in [-0.05, 0) is 90.7 Å². The third kappa shape index (κ3) is 10.4. The Hall–Kier alpha value is -4.78. The molecule has 0 saturated carbocycles. The van der Waals surface area contributed by atoms with Gasteiger partial charge in [-0.25, -0.2) is 4.58 Å². The second kappa shape index (κ2) is 17.4. The first-order chi connectivity index (χ1) is 25.1. The van der Waals surface area contributed by atoms with E-state index in [-0.39, 0.29) is 14.7 Å². The fourth-order valence-electron chi connectivity index (χ4n) is 5.87. The molecule has 1 aliphatic rings. The third-order valence-electron chi connectivity index (χ3n) is 8.38. The normalized spacial score (nSPS) is 13.0. The van der Waals surface area contributed by atoms with Crippen LogP contribution in [-0.2, 0) is 43.4 Å². The molecule has 4 aromatic carbocycles. The predicted octanol–water partition coefficient (Wildman–Crippen LogP) is 4.87. The van der Waals surface area contributed by atoms with Gasteiger partial charge >= 0.3 is 0 Å². The van der Waals surface area contributed by atoms with Gasteiger partial charge in [-0.15, -0.1) is 0 Å². The molecule has 53 heavy (non-hydrogen) atoms. The lowest BCUT2D eigenvalue weighted by molar-refractivity contribution is -0.539. The molecule has 0 heterocycles. The molecule has 0 saturated heterocycles. The van der Waals surface area contributed by atoms with E-state index in [1.807, 2.05) is 71.9 Å². The summed E-state index contributed by atoms with van der Waals surface area (Å²) in [5.41, 5.74) is 5.16. The van der Waals surface area contributed by atoms with Crippen LogP contribution in [0.4, 0.5) is 5.69 Å². The topological polar surface area (TPSA) is 221 Å². The molecule has 13 nitrogen and oxygen atoms in total. The second-order valence-electron chi connectivity index (χ2n) is 11.7. The Morgan fingerprint density at radius 1 is 0.660 bits per heavy atom. The number of allylic oxidation sites excluding steroid dienone is 5. The maximum absolute atomic E-state index is 12.5. The van der Waals surface area contributed by atoms with Gasteiger partial charge < -0.3 is 4.90 Å². The molecule has 0 radical (unpaired) electrons. The van der Waals surface area contributed by atoms with Gasteiger partial charge in [-0.3, -0.25) is 25.3 Å². The van der Waals surface area contributed by atoms with Crippen molar-refractivity contribution >= 4 is 47.3 Å². The van der Waals surface area contributed by atoms with E-state index >= 15 is 0 Å². The van der Waals surface area contributed by atoms with E-state index < -0.39 is 30.4 Å². The molecular weight excluding hydrogens is 741 g/mol. The molecule has 1 aliphatic carbocycles. The van der Waals surface area contributed by atoms with E-state index in [0.29, 0.717) is 59.6 Å². The monoisotopic (exact) mass is 781 g/mol. The number of anilines is 1. The summed E-state index contributed by atoms with van der Waals surface area (Å²) < 4.78 is 103. The zero-order chi connectivity index (χ0) is 39.0. The van der Waals surface area contributed by atoms with Crippen molar-refractivity contribution in [3.63, 3.8) is 0 Å². The van der Waals surface area contributed by atoms with Crippen molar-refractivity contribution < 1.29 is 43.5 Å². The van der Waals surface area contributed by atoms with Crippen LogP contribution >= 0.6 is 0 Å². The number of benzene rings is 4. The van der Waals surface area contributed by atoms with E-state index in [1.165, 1.54) is 36.4 Å². The Bertz CT molecular complexity index is 2400. The average Bonchev–Trinajstić information content (AvgIpc) is 3.14. The quantitative estimate of drug-likeness (QED) is 0.0562. The number of nitrogens with two attached hydrogens (primary N) is 2. The molecule has 0 atom stereocenters. The third-order valence-corrected chi connectivity index (χ3v) is 11.0. The van der Waals surface area contributed by atoms with Crippen molar-refractivity contribution in [2.45, 2.75) is 41.6 Å². The van der Waals surface area contributed by atoms with Crippen LogP contribution in [0.1, 0.15) is 36.1 Å². The number of hydrogen-bond acceptors (Lipinski definition) is 9. The molecule has 5 rings (SSSR count). The minimum atomic E-state index is -4.60. The first-order valence-corrected chi connectivity index (χ1v) is 20.5. The van der Waals surface area contributed by atoms with Crippen LogP contribution in [-0.4, -0.2) is 62.3 Å². The molecule has 4 aromatic rings. The molecule has 280 valence electrons. The highest BCUT2D eigenvalue weighted by atomic mass is 32.2. The van der Waals surface area contributed by atoms with Gasteiger partial charge in [0.15, 0.2) is 12.3 Å². The molecule has 0 unspecified atom stereocenters. The summed E-state index contributed by atoms with van der Waals surface area (Å²) in [5.74, 6) is 8.00. The standard InChI is InChI=1S/C37H36N2O9S3.H4N2/c1-3-38(25-27-9-7-11-33(23-27)49(40,41)42)31-19-15-29(16-20-31)37(35-13-5-6-14-36(35)51(46,47)48)30-17-21-32(22-18-30)39(4-2)26-28-10-8-12-34(24-28)50(43,44)45;1-2/h5-24H,3-4,25-26H2,1-2H3,(H2-,40,41,42,43,44,45,46,47,48);1-2H2/p+1. The van der Waals surface area contributed by atoms with Crippen LogP contribution in [0.25, 0.3) is 5.57 Å². The lowest BCUT2D eigenvalue weighted by atomic mass is 9.90. The lowest BCUT2D eigenvalue weighted by Gasteiger charge is -2.24. The maximum Gasteiger partial charge on any atom is 0.295 e. The van der Waals surface area contributed by atoms with Crippen LogP contribution in [0, 0.1) is 0 Å². The summed E-state index contributed by atoms with van der Waals surface area (Å²) in [6, 6.07) is 25.8. The molecular formula is C37H41N4O9S3+. The smallest absolute Gasteiger partial charge is 0.295 e. The highest BCUT2D eigenvalue weighted by molar-refractivity contribution is 7.86. The fourth-order valence-corrected chi connectivity index (χ4v) is 7.67. The van der Waals surface area contributed by atoms with Crippen molar-refractivity contribution in [1.82, 2.24) is 0 Å². The largest absolute Gasteiger partial charge is 0.367 e. The highest BCUT2D eigenvalue weighted by Gasteiger charge is 2.22. The Morgan fingerprint density at radius 2 is 1.21 bits per heavy atom. The van der Waals surface area contributed by atoms with Gasteiger partial charge in [0.05, 0.1) is 9.79 Å². The van der Waals surface area contributed by atoms with E-state index in [1.54, 1.807) is 36.4 Å². The molecule has 7 N–H and O–H groups in total. The predicted molar refractivity (Wildman–Crippen MR) is 204 cm³/mol. The van der Waals surface area contributed by atoms with Crippen LogP contribution in [0.3, 0.4) is 0 Å². The van der Waals surface area contributed by atoms with E-state index in [2.05, 4.69) is 11.7 Å². The summed E-state index contributed by atoms with van der Waals surface area (Å²) in [4.78, 5) is 1.37. The van der Waals surface area contributed by atoms with E-state index in [0.717, 1.165) is 11.4 Å². The minimum Gasteiger partial charge on any atom is -0.367 e. The SMILES string of the molecule is CCN(Cc1cccc(S(=O)(=O)O)c1)c1ccc(C(=C2C=CC(=[N+](CC)Cc3cccc(S(=O)(=O)O)c3)C=C2)c2ccccc2S(=O)(=O)O)cc1.NN. The van der Waals surface area contributed by atoms with Crippen LogP contribution in [0.15, 0.2) is 142 Å². The molecule has 0 amide bonds. The molecule has 0 aliphatic heterocycles. The number of rotatable bonds is 12. The number of hydrazine groups is 1. The number of hydrogen-bond donors (Lipinski definition) is 5. The van der Waals surface area contributed by atoms with Gasteiger partial charge in [-0.1, -0.05) is 54.6 Å². The van der Waals surface area contributed by atoms with Gasteiger partial charge in [0.25, 0.3) is 30.4 Å². The maximum atomic E-state index is 12.5. The van der Waals surface area contributed by atoms with Gasteiger partial charge in [-0.2, -0.15) is 25.3 Å². The average molecular weight is 782 g/mol. The second-order valence-corrected chi connectivity index (χ2v) is 15.9. The Morgan fingerprint density at radius 3 is 1.74 bits per heavy atom. The molecule has 0 aromatic heterocycles. The highest BCUT2D eigenvalue weighted by Crippen LogP contribution is 2.35. The zero-order valence-electron chi connectivity index (χ0n) is 28.9. The van der Waals surface area contributed by atoms with Gasteiger partial charge in [0, 0.05) is 42.1 Å². The van der Waals surface area contributed by atoms with Crippen molar-refractivity contribution in [2.24, 2.45) is 11.7 Å². The Kier molecular flexibility index (Phi) is 13.4. The number of nitrogens with zero attached hydrogens (tertiary/aromatic N) is 2. The van der Waals surface area contributed by atoms with Gasteiger partial charge in [0.2, 0.25) is 0 Å². The summed E-state index contributed by atoms with van der Waals surface area (Å²) in [5, 5.41) is 0. The first kappa shape index (κ1) is 41.0. The zero-order valence-corrected chi connectivity index (χ0v) is 31.4. The lowest BCUT2D eigenvalue weighted by Crippen LogP contribution is -2.22. The Labute approximate surface area is 310 Å². The Balaban J connectivity index is 0.00000308. The summed E-state index contributed by atoms with van der Waals surface area (Å²) in [6.07, 6.45) is 7.43. The van der Waals surface area contributed by atoms with Crippen LogP contribution in [0.5, 0.6) is 0 Å². The molecule has 0 bridgehead atoms. The van der Waals surface area contributed by atoms with Crippen molar-refractivity contribution in [3.8, 4) is 0 Å². The fraction of sp³-hybridized carbons (Fsp3) is 0.162.